The van der Waals surface area contributed by atoms with Crippen LogP contribution in [0.4, 0.5) is 5.82 Å². The predicted molar refractivity (Wildman–Crippen MR) is 90.0 cm³/mol. The molecule has 0 saturated carbocycles. The lowest BCUT2D eigenvalue weighted by atomic mass is 9.96. The van der Waals surface area contributed by atoms with Crippen LogP contribution in [0.25, 0.3) is 0 Å². The van der Waals surface area contributed by atoms with Crippen LogP contribution < -0.4 is 10.0 Å². The summed E-state index contributed by atoms with van der Waals surface area (Å²) >= 11 is 0. The summed E-state index contributed by atoms with van der Waals surface area (Å²) in [5.41, 5.74) is 2.54. The van der Waals surface area contributed by atoms with Gasteiger partial charge in [-0.3, -0.25) is 4.90 Å². The van der Waals surface area contributed by atoms with E-state index < -0.39 is 10.0 Å². The first-order valence-electron chi connectivity index (χ1n) is 8.26. The number of nitrogens with zero attached hydrogens (tertiary/aromatic N) is 4. The molecular formula is C15H25N5O2S. The Morgan fingerprint density at radius 3 is 2.48 bits per heavy atom. The summed E-state index contributed by atoms with van der Waals surface area (Å²) in [4.78, 5) is 13.8. The molecule has 2 N–H and O–H groups in total. The zero-order chi connectivity index (χ0) is 16.4. The van der Waals surface area contributed by atoms with E-state index in [-0.39, 0.29) is 5.75 Å². The van der Waals surface area contributed by atoms with Gasteiger partial charge < -0.3 is 4.90 Å². The van der Waals surface area contributed by atoms with Crippen molar-refractivity contribution in [2.24, 2.45) is 5.14 Å². The molecule has 1 aromatic heterocycles. The highest BCUT2D eigenvalue weighted by molar-refractivity contribution is 7.89. The van der Waals surface area contributed by atoms with E-state index >= 15 is 0 Å². The molecule has 1 fully saturated rings. The molecule has 0 bridgehead atoms. The fourth-order valence-electron chi connectivity index (χ4n) is 3.40. The van der Waals surface area contributed by atoms with Crippen molar-refractivity contribution in [2.45, 2.75) is 32.6 Å². The topological polar surface area (TPSA) is 92.4 Å². The molecule has 2 heterocycles. The minimum absolute atomic E-state index is 0.0228. The Morgan fingerprint density at radius 2 is 1.78 bits per heavy atom. The van der Waals surface area contributed by atoms with Gasteiger partial charge in [-0.15, -0.1) is 0 Å². The zero-order valence-corrected chi connectivity index (χ0v) is 14.5. The molecule has 0 radical (unpaired) electrons. The van der Waals surface area contributed by atoms with Crippen LogP contribution in [0.5, 0.6) is 0 Å². The fraction of sp³-hybridized carbons (Fsp3) is 0.733. The number of aromatic nitrogens is 2. The summed E-state index contributed by atoms with van der Waals surface area (Å²) in [6.07, 6.45) is 4.54. The summed E-state index contributed by atoms with van der Waals surface area (Å²) in [5, 5.41) is 5.08. The van der Waals surface area contributed by atoms with Gasteiger partial charge in [0.15, 0.2) is 0 Å². The van der Waals surface area contributed by atoms with Crippen molar-refractivity contribution in [3.8, 4) is 0 Å². The molecule has 0 amide bonds. The number of hydrogen-bond donors (Lipinski definition) is 1. The van der Waals surface area contributed by atoms with E-state index in [4.69, 9.17) is 10.1 Å². The number of sulfonamides is 1. The molecule has 0 unspecified atom stereocenters. The minimum Gasteiger partial charge on any atom is -0.354 e. The molecular weight excluding hydrogens is 314 g/mol. The van der Waals surface area contributed by atoms with Gasteiger partial charge in [-0.25, -0.2) is 23.5 Å². The normalized spacial score (nSPS) is 19.7. The fourth-order valence-corrected chi connectivity index (χ4v) is 3.91. The molecule has 23 heavy (non-hydrogen) atoms. The molecule has 1 aliphatic carbocycles. The number of aryl methyl sites for hydroxylation is 2. The third-order valence-electron chi connectivity index (χ3n) is 4.64. The van der Waals surface area contributed by atoms with E-state index in [0.717, 1.165) is 50.7 Å². The van der Waals surface area contributed by atoms with Crippen molar-refractivity contribution in [1.82, 2.24) is 14.9 Å². The van der Waals surface area contributed by atoms with Crippen LogP contribution in [0.3, 0.4) is 0 Å². The van der Waals surface area contributed by atoms with E-state index in [1.807, 2.05) is 6.92 Å². The van der Waals surface area contributed by atoms with E-state index in [1.165, 1.54) is 24.1 Å². The average Bonchev–Trinajstić information content (AvgIpc) is 2.52. The van der Waals surface area contributed by atoms with Crippen molar-refractivity contribution in [3.63, 3.8) is 0 Å². The molecule has 1 aliphatic heterocycles. The number of primary sulfonamides is 1. The lowest BCUT2D eigenvalue weighted by Gasteiger charge is -2.36. The lowest BCUT2D eigenvalue weighted by molar-refractivity contribution is 0.271. The predicted octanol–water partition coefficient (Wildman–Crippen LogP) is 0.0743. The second-order valence-corrected chi connectivity index (χ2v) is 8.16. The number of piperazine rings is 1. The summed E-state index contributed by atoms with van der Waals surface area (Å²) in [5.74, 6) is 1.96. The quantitative estimate of drug-likeness (QED) is 0.835. The van der Waals surface area contributed by atoms with Crippen LogP contribution >= 0.6 is 0 Å². The van der Waals surface area contributed by atoms with Gasteiger partial charge in [-0.1, -0.05) is 0 Å². The van der Waals surface area contributed by atoms with E-state index in [9.17, 15) is 8.42 Å². The highest BCUT2D eigenvalue weighted by Gasteiger charge is 2.24. The summed E-state index contributed by atoms with van der Waals surface area (Å²) in [6.45, 7) is 5.88. The van der Waals surface area contributed by atoms with Crippen molar-refractivity contribution in [1.29, 1.82) is 0 Å². The van der Waals surface area contributed by atoms with Gasteiger partial charge in [-0.2, -0.15) is 0 Å². The van der Waals surface area contributed by atoms with Crippen LogP contribution in [0.15, 0.2) is 0 Å². The molecule has 8 heteroatoms. The Labute approximate surface area is 137 Å². The third kappa shape index (κ3) is 4.19. The van der Waals surface area contributed by atoms with Gasteiger partial charge >= 0.3 is 0 Å². The maximum atomic E-state index is 11.1. The first-order valence-corrected chi connectivity index (χ1v) is 9.98. The molecule has 0 atom stereocenters. The van der Waals surface area contributed by atoms with Crippen molar-refractivity contribution >= 4 is 15.8 Å². The summed E-state index contributed by atoms with van der Waals surface area (Å²) < 4.78 is 22.2. The highest BCUT2D eigenvalue weighted by atomic mass is 32.2. The Kier molecular flexibility index (Phi) is 4.84. The molecule has 7 nitrogen and oxygen atoms in total. The van der Waals surface area contributed by atoms with Crippen molar-refractivity contribution < 1.29 is 8.42 Å². The van der Waals surface area contributed by atoms with Crippen molar-refractivity contribution in [2.75, 3.05) is 43.4 Å². The standard InChI is InChI=1S/C15H25N5O2S/c1-12-17-14-5-3-2-4-13(14)15(18-12)20-8-6-19(7-9-20)10-11-23(16,21)22/h2-11H2,1H3,(H2,16,21,22). The van der Waals surface area contributed by atoms with Gasteiger partial charge in [0.2, 0.25) is 10.0 Å². The maximum Gasteiger partial charge on any atom is 0.210 e. The van der Waals surface area contributed by atoms with Crippen LogP contribution in [0, 0.1) is 6.92 Å². The van der Waals surface area contributed by atoms with Crippen LogP contribution in [-0.2, 0) is 22.9 Å². The van der Waals surface area contributed by atoms with Crippen LogP contribution in [0.1, 0.15) is 29.9 Å². The number of nitrogens with two attached hydrogens (primary N) is 1. The van der Waals surface area contributed by atoms with Gasteiger partial charge in [-0.05, 0) is 32.6 Å². The van der Waals surface area contributed by atoms with Gasteiger partial charge in [0.05, 0.1) is 5.75 Å². The van der Waals surface area contributed by atoms with E-state index in [1.54, 1.807) is 0 Å². The minimum atomic E-state index is -3.38. The molecule has 2 aliphatic rings. The molecule has 128 valence electrons. The number of fused-ring (bicyclic) bond motifs is 1. The van der Waals surface area contributed by atoms with E-state index in [0.29, 0.717) is 6.54 Å². The smallest absolute Gasteiger partial charge is 0.210 e. The highest BCUT2D eigenvalue weighted by Crippen LogP contribution is 2.28. The zero-order valence-electron chi connectivity index (χ0n) is 13.7. The average molecular weight is 339 g/mol. The third-order valence-corrected chi connectivity index (χ3v) is 5.39. The lowest BCUT2D eigenvalue weighted by Crippen LogP contribution is -2.48. The molecule has 0 spiro atoms. The SMILES string of the molecule is Cc1nc2c(c(N3CCN(CCS(N)(=O)=O)CC3)n1)CCCC2. The molecule has 0 aromatic carbocycles. The second-order valence-electron chi connectivity index (χ2n) is 6.42. The Bertz CT molecular complexity index is 669. The Morgan fingerprint density at radius 1 is 1.09 bits per heavy atom. The molecule has 1 saturated heterocycles. The largest absolute Gasteiger partial charge is 0.354 e. The number of rotatable bonds is 4. The number of hydrogen-bond acceptors (Lipinski definition) is 6. The van der Waals surface area contributed by atoms with Crippen molar-refractivity contribution in [3.05, 3.63) is 17.1 Å². The molecule has 3 rings (SSSR count). The van der Waals surface area contributed by atoms with Crippen LogP contribution in [0.2, 0.25) is 0 Å². The first kappa shape index (κ1) is 16.6. The van der Waals surface area contributed by atoms with E-state index in [2.05, 4.69) is 14.8 Å². The monoisotopic (exact) mass is 339 g/mol. The first-order chi connectivity index (χ1) is 10.9. The Hall–Kier alpha value is -1.25. The van der Waals surface area contributed by atoms with Gasteiger partial charge in [0, 0.05) is 44.0 Å². The summed E-state index contributed by atoms with van der Waals surface area (Å²) in [7, 11) is -3.38. The Balaban J connectivity index is 1.67. The van der Waals surface area contributed by atoms with Gasteiger partial charge in [0.1, 0.15) is 11.6 Å². The van der Waals surface area contributed by atoms with Crippen LogP contribution in [-0.4, -0.2) is 61.8 Å². The molecule has 1 aromatic rings. The second kappa shape index (κ2) is 6.70. The van der Waals surface area contributed by atoms with Gasteiger partial charge in [0.25, 0.3) is 0 Å². The number of anilines is 1. The maximum absolute atomic E-state index is 11.1. The summed E-state index contributed by atoms with van der Waals surface area (Å²) in [6, 6.07) is 0.